The first-order chi connectivity index (χ1) is 14.2. The van der Waals surface area contributed by atoms with Crippen molar-refractivity contribution in [3.63, 3.8) is 0 Å². The lowest BCUT2D eigenvalue weighted by Gasteiger charge is -2.22. The maximum Gasteiger partial charge on any atom is 0.0267 e. The third-order valence-electron chi connectivity index (χ3n) is 5.65. The lowest BCUT2D eigenvalue weighted by Crippen LogP contribution is -2.08. The van der Waals surface area contributed by atoms with Crippen LogP contribution in [0.2, 0.25) is 0 Å². The third-order valence-corrected chi connectivity index (χ3v) is 5.65. The van der Waals surface area contributed by atoms with Gasteiger partial charge in [-0.05, 0) is 67.9 Å². The van der Waals surface area contributed by atoms with E-state index in [1.165, 1.54) is 53.5 Å². The number of nitrogens with one attached hydrogen (secondary N) is 1. The van der Waals surface area contributed by atoms with Crippen molar-refractivity contribution in [2.24, 2.45) is 11.8 Å². The summed E-state index contributed by atoms with van der Waals surface area (Å²) in [6, 6.07) is 6.51. The molecule has 0 bridgehead atoms. The maximum atomic E-state index is 4.10. The minimum absolute atomic E-state index is 0.908. The first-order valence-electron chi connectivity index (χ1n) is 11.7. The van der Waals surface area contributed by atoms with Crippen LogP contribution in [0.1, 0.15) is 90.8 Å². The molecule has 0 spiro atoms. The highest BCUT2D eigenvalue weighted by molar-refractivity contribution is 5.86. The SMILES string of the molecule is C=C(/C=C(C)\C(=C/C)c1ccc(C)cc1C(=C)C)NC.CC.CC1CCC(C)CC1. The summed E-state index contributed by atoms with van der Waals surface area (Å²) in [4.78, 5) is 0. The molecule has 0 amide bonds. The van der Waals surface area contributed by atoms with Gasteiger partial charge in [-0.25, -0.2) is 0 Å². The number of hydrogen-bond acceptors (Lipinski definition) is 1. The van der Waals surface area contributed by atoms with Crippen LogP contribution in [0, 0.1) is 18.8 Å². The van der Waals surface area contributed by atoms with Gasteiger partial charge in [-0.15, -0.1) is 0 Å². The molecule has 1 nitrogen and oxygen atoms in total. The molecule has 0 atom stereocenters. The summed E-state index contributed by atoms with van der Waals surface area (Å²) in [5.41, 5.74) is 8.10. The molecular weight excluding hydrogens is 362 g/mol. The topological polar surface area (TPSA) is 12.0 Å². The Hall–Kier alpha value is -2.02. The number of allylic oxidation sites excluding steroid dienone is 5. The van der Waals surface area contributed by atoms with Gasteiger partial charge < -0.3 is 5.32 Å². The molecule has 168 valence electrons. The van der Waals surface area contributed by atoms with E-state index in [0.29, 0.717) is 0 Å². The second-order valence-corrected chi connectivity index (χ2v) is 8.50. The molecule has 1 heteroatoms. The van der Waals surface area contributed by atoms with Crippen molar-refractivity contribution >= 4 is 11.1 Å². The van der Waals surface area contributed by atoms with Crippen LogP contribution in [0.15, 0.2) is 54.8 Å². The van der Waals surface area contributed by atoms with Gasteiger partial charge in [-0.2, -0.15) is 0 Å². The second-order valence-electron chi connectivity index (χ2n) is 8.50. The Morgan fingerprint density at radius 1 is 0.967 bits per heavy atom. The van der Waals surface area contributed by atoms with Crippen molar-refractivity contribution in [1.82, 2.24) is 5.32 Å². The number of likely N-dealkylation sites (N-methyl/N-ethyl adjacent to an activating group) is 1. The van der Waals surface area contributed by atoms with Crippen molar-refractivity contribution < 1.29 is 0 Å². The number of benzene rings is 1. The van der Waals surface area contributed by atoms with Gasteiger partial charge in [0.1, 0.15) is 0 Å². The average molecular weight is 410 g/mol. The van der Waals surface area contributed by atoms with Gasteiger partial charge >= 0.3 is 0 Å². The van der Waals surface area contributed by atoms with E-state index in [2.05, 4.69) is 90.4 Å². The number of hydrogen-bond donors (Lipinski definition) is 1. The molecule has 0 unspecified atom stereocenters. The zero-order valence-electron chi connectivity index (χ0n) is 21.3. The molecule has 1 N–H and O–H groups in total. The van der Waals surface area contributed by atoms with Gasteiger partial charge in [-0.3, -0.25) is 0 Å². The Morgan fingerprint density at radius 3 is 1.87 bits per heavy atom. The predicted octanol–water partition coefficient (Wildman–Crippen LogP) is 8.97. The fraction of sp³-hybridized carbons (Fsp3) is 0.517. The molecule has 1 saturated carbocycles. The van der Waals surface area contributed by atoms with Crippen LogP contribution < -0.4 is 5.32 Å². The smallest absolute Gasteiger partial charge is 0.0267 e. The largest absolute Gasteiger partial charge is 0.389 e. The number of aryl methyl sites for hydroxylation is 1. The van der Waals surface area contributed by atoms with Gasteiger partial charge in [0.15, 0.2) is 0 Å². The molecule has 1 aliphatic rings. The molecule has 1 fully saturated rings. The highest BCUT2D eigenvalue weighted by atomic mass is 14.8. The van der Waals surface area contributed by atoms with Gasteiger partial charge in [0.2, 0.25) is 0 Å². The van der Waals surface area contributed by atoms with Crippen LogP contribution >= 0.6 is 0 Å². The lowest BCUT2D eigenvalue weighted by molar-refractivity contribution is 0.308. The van der Waals surface area contributed by atoms with Crippen LogP contribution in [0.25, 0.3) is 11.1 Å². The van der Waals surface area contributed by atoms with Crippen molar-refractivity contribution in [2.75, 3.05) is 7.05 Å². The first-order valence-corrected chi connectivity index (χ1v) is 11.7. The van der Waals surface area contributed by atoms with E-state index in [0.717, 1.165) is 23.1 Å². The van der Waals surface area contributed by atoms with Crippen LogP contribution in [-0.4, -0.2) is 7.05 Å². The highest BCUT2D eigenvalue weighted by Gasteiger charge is 2.13. The summed E-state index contributed by atoms with van der Waals surface area (Å²) in [7, 11) is 1.88. The predicted molar refractivity (Wildman–Crippen MR) is 140 cm³/mol. The minimum Gasteiger partial charge on any atom is -0.389 e. The fourth-order valence-electron chi connectivity index (χ4n) is 3.68. The Bertz CT molecular complexity index is 715. The lowest BCUT2D eigenvalue weighted by atomic mass is 9.84. The number of rotatable bonds is 5. The average Bonchev–Trinajstić information content (AvgIpc) is 2.73. The monoisotopic (exact) mass is 409 g/mol. The molecule has 0 saturated heterocycles. The zero-order valence-corrected chi connectivity index (χ0v) is 21.3. The molecule has 1 aromatic rings. The summed E-state index contributed by atoms with van der Waals surface area (Å²) in [5, 5.41) is 3.06. The summed E-state index contributed by atoms with van der Waals surface area (Å²) in [6.45, 7) is 25.1. The summed E-state index contributed by atoms with van der Waals surface area (Å²) >= 11 is 0. The summed E-state index contributed by atoms with van der Waals surface area (Å²) < 4.78 is 0. The third kappa shape index (κ3) is 9.65. The Kier molecular flexibility index (Phi) is 13.9. The zero-order chi connectivity index (χ0) is 23.3. The standard InChI is InChI=1S/C19H25N.C8H16.C2H6/c1-8-17(15(5)12-16(6)20-7)18-10-9-14(4)11-19(18)13(2)3;1-7-3-5-8(2)6-4-7;1-2/h8-12,20H,2,6H2,1,3-5,7H3;7-8H,3-6H2,1-2H3;1-2H3/b15-12-,17-8+;;. The second kappa shape index (κ2) is 14.9. The first kappa shape index (κ1) is 28.0. The molecular formula is C29H47N. The molecule has 0 aromatic heterocycles. The van der Waals surface area contributed by atoms with Crippen LogP contribution in [-0.2, 0) is 0 Å². The van der Waals surface area contributed by atoms with E-state index >= 15 is 0 Å². The maximum absolute atomic E-state index is 4.10. The molecule has 1 aromatic carbocycles. The molecule has 2 rings (SSSR count). The van der Waals surface area contributed by atoms with E-state index in [1.807, 2.05) is 20.9 Å². The van der Waals surface area contributed by atoms with Crippen molar-refractivity contribution in [1.29, 1.82) is 0 Å². The van der Waals surface area contributed by atoms with Gasteiger partial charge in [0.05, 0.1) is 0 Å². The Morgan fingerprint density at radius 2 is 1.47 bits per heavy atom. The molecule has 0 radical (unpaired) electrons. The molecule has 0 heterocycles. The Balaban J connectivity index is 0.000000696. The Labute approximate surface area is 188 Å². The van der Waals surface area contributed by atoms with Crippen LogP contribution in [0.5, 0.6) is 0 Å². The van der Waals surface area contributed by atoms with E-state index in [4.69, 9.17) is 0 Å². The highest BCUT2D eigenvalue weighted by Crippen LogP contribution is 2.30. The van der Waals surface area contributed by atoms with E-state index in [-0.39, 0.29) is 0 Å². The summed E-state index contributed by atoms with van der Waals surface area (Å²) in [6.07, 6.45) is 10.1. The van der Waals surface area contributed by atoms with Gasteiger partial charge in [0.25, 0.3) is 0 Å². The molecule has 30 heavy (non-hydrogen) atoms. The summed E-state index contributed by atoms with van der Waals surface area (Å²) in [5.74, 6) is 2.04. The van der Waals surface area contributed by atoms with Crippen LogP contribution in [0.4, 0.5) is 0 Å². The quantitative estimate of drug-likeness (QED) is 0.478. The minimum atomic E-state index is 0.908. The van der Waals surface area contributed by atoms with Gasteiger partial charge in [0, 0.05) is 12.7 Å². The normalized spacial score (nSPS) is 19.0. The fourth-order valence-corrected chi connectivity index (χ4v) is 3.68. The molecule has 1 aliphatic carbocycles. The molecule has 0 aliphatic heterocycles. The van der Waals surface area contributed by atoms with E-state index < -0.39 is 0 Å². The van der Waals surface area contributed by atoms with Crippen molar-refractivity contribution in [3.8, 4) is 0 Å². The van der Waals surface area contributed by atoms with Gasteiger partial charge in [-0.1, -0.05) is 102 Å². The van der Waals surface area contributed by atoms with E-state index in [9.17, 15) is 0 Å². The van der Waals surface area contributed by atoms with Crippen molar-refractivity contribution in [2.45, 2.75) is 81.1 Å². The van der Waals surface area contributed by atoms with Crippen LogP contribution in [0.3, 0.4) is 0 Å². The van der Waals surface area contributed by atoms with E-state index in [1.54, 1.807) is 0 Å². The van der Waals surface area contributed by atoms with Crippen molar-refractivity contribution in [3.05, 3.63) is 71.5 Å².